The smallest absolute Gasteiger partial charge is 0.417 e. The molecule has 23 heavy (non-hydrogen) atoms. The van der Waals surface area contributed by atoms with Gasteiger partial charge in [-0.15, -0.1) is 0 Å². The highest BCUT2D eigenvalue weighted by atomic mass is 35.6. The Morgan fingerprint density at radius 1 is 1.17 bits per heavy atom. The van der Waals surface area contributed by atoms with Gasteiger partial charge in [0, 0.05) is 18.0 Å². The molecule has 1 aromatic carbocycles. The molecule has 1 heterocycles. The van der Waals surface area contributed by atoms with Crippen LogP contribution in [-0.4, -0.2) is 21.3 Å². The van der Waals surface area contributed by atoms with Gasteiger partial charge in [0.1, 0.15) is 0 Å². The van der Waals surface area contributed by atoms with Gasteiger partial charge in [-0.25, -0.2) is 0 Å². The van der Waals surface area contributed by atoms with Crippen molar-refractivity contribution in [3.05, 3.63) is 41.6 Å². The van der Waals surface area contributed by atoms with Crippen molar-refractivity contribution in [3.8, 4) is 0 Å². The van der Waals surface area contributed by atoms with Crippen LogP contribution in [0.5, 0.6) is 0 Å². The highest BCUT2D eigenvalue weighted by Crippen LogP contribution is 2.35. The molecule has 1 aromatic heterocycles. The Labute approximate surface area is 144 Å². The molecule has 124 valence electrons. The summed E-state index contributed by atoms with van der Waals surface area (Å²) in [6, 6.07) is 5.13. The summed E-state index contributed by atoms with van der Waals surface area (Å²) < 4.78 is 42.1. The van der Waals surface area contributed by atoms with Gasteiger partial charge in [0.15, 0.2) is 0 Å². The first-order valence-electron chi connectivity index (χ1n) is 6.33. The molecule has 0 fully saturated rings. The number of alkyl halides is 6. The van der Waals surface area contributed by atoms with E-state index in [1.54, 1.807) is 0 Å². The lowest BCUT2D eigenvalue weighted by Gasteiger charge is -2.15. The van der Waals surface area contributed by atoms with Crippen LogP contribution in [0.2, 0.25) is 0 Å². The third kappa shape index (κ3) is 4.40. The van der Waals surface area contributed by atoms with Gasteiger partial charge in [-0.05, 0) is 17.7 Å². The maximum Gasteiger partial charge on any atom is 0.417 e. The molecule has 0 saturated carbocycles. The minimum Gasteiger partial charge on any atom is -0.478 e. The lowest BCUT2D eigenvalue weighted by Crippen LogP contribution is -2.22. The molecule has 3 nitrogen and oxygen atoms in total. The third-order valence-electron chi connectivity index (χ3n) is 3.03. The van der Waals surface area contributed by atoms with Gasteiger partial charge in [0.2, 0.25) is 5.90 Å². The fourth-order valence-corrected chi connectivity index (χ4v) is 2.19. The van der Waals surface area contributed by atoms with Gasteiger partial charge < -0.3 is 4.74 Å². The SMILES string of the molecule is N=C(OCCc1ccc(C(F)(F)F)c2cccnc12)C(Cl)(Cl)Cl. The summed E-state index contributed by atoms with van der Waals surface area (Å²) in [5.74, 6) is -0.549. The molecule has 0 bridgehead atoms. The quantitative estimate of drug-likeness (QED) is 0.451. The maximum atomic E-state index is 13.0. The van der Waals surface area contributed by atoms with Crippen molar-refractivity contribution < 1.29 is 17.9 Å². The zero-order chi connectivity index (χ0) is 17.3. The number of halogens is 6. The van der Waals surface area contributed by atoms with E-state index in [4.69, 9.17) is 44.9 Å². The van der Waals surface area contributed by atoms with Crippen molar-refractivity contribution >= 4 is 51.6 Å². The van der Waals surface area contributed by atoms with Gasteiger partial charge in [-0.3, -0.25) is 10.4 Å². The molecule has 2 aromatic rings. The van der Waals surface area contributed by atoms with Gasteiger partial charge in [0.05, 0.1) is 17.7 Å². The standard InChI is InChI=1S/C14H10Cl3F3N2O/c15-13(16,17)12(21)23-7-5-8-3-4-10(14(18,19)20)9-2-1-6-22-11(8)9/h1-4,6,21H,5,7H2. The average molecular weight is 386 g/mol. The molecule has 2 rings (SSSR count). The number of hydrogen-bond acceptors (Lipinski definition) is 3. The van der Waals surface area contributed by atoms with Crippen LogP contribution in [0, 0.1) is 5.41 Å². The summed E-state index contributed by atoms with van der Waals surface area (Å²) in [6.45, 7) is -0.0240. The first-order chi connectivity index (χ1) is 10.6. The van der Waals surface area contributed by atoms with Crippen LogP contribution in [0.15, 0.2) is 30.5 Å². The van der Waals surface area contributed by atoms with Crippen molar-refractivity contribution in [2.45, 2.75) is 16.4 Å². The molecular formula is C14H10Cl3F3N2O. The Bertz CT molecular complexity index is 729. The number of nitrogens with zero attached hydrogens (tertiary/aromatic N) is 1. The Morgan fingerprint density at radius 3 is 2.48 bits per heavy atom. The molecular weight excluding hydrogens is 376 g/mol. The Kier molecular flexibility index (Phi) is 5.28. The summed E-state index contributed by atoms with van der Waals surface area (Å²) in [6.07, 6.45) is -2.83. The monoisotopic (exact) mass is 384 g/mol. The van der Waals surface area contributed by atoms with Crippen LogP contribution in [0.25, 0.3) is 10.9 Å². The molecule has 0 spiro atoms. The lowest BCUT2D eigenvalue weighted by atomic mass is 10.0. The first-order valence-corrected chi connectivity index (χ1v) is 7.46. The van der Waals surface area contributed by atoms with Crippen LogP contribution in [0.4, 0.5) is 13.2 Å². The summed E-state index contributed by atoms with van der Waals surface area (Å²) in [5, 5.41) is 7.41. The summed E-state index contributed by atoms with van der Waals surface area (Å²) in [4.78, 5) is 4.01. The van der Waals surface area contributed by atoms with Crippen molar-refractivity contribution in [2.24, 2.45) is 0 Å². The number of rotatable bonds is 3. The van der Waals surface area contributed by atoms with E-state index in [1.165, 1.54) is 24.4 Å². The Morgan fingerprint density at radius 2 is 1.87 bits per heavy atom. The predicted octanol–water partition coefficient (Wildman–Crippen LogP) is 5.16. The normalized spacial score (nSPS) is 12.4. The molecule has 0 aliphatic heterocycles. The van der Waals surface area contributed by atoms with E-state index in [-0.39, 0.29) is 23.9 Å². The summed E-state index contributed by atoms with van der Waals surface area (Å²) in [7, 11) is 0. The molecule has 0 aliphatic rings. The van der Waals surface area contributed by atoms with Gasteiger partial charge >= 0.3 is 6.18 Å². The minimum absolute atomic E-state index is 0.00829. The third-order valence-corrected chi connectivity index (χ3v) is 3.55. The highest BCUT2D eigenvalue weighted by Gasteiger charge is 2.33. The van der Waals surface area contributed by atoms with E-state index in [0.29, 0.717) is 5.56 Å². The largest absolute Gasteiger partial charge is 0.478 e. The van der Waals surface area contributed by atoms with E-state index in [9.17, 15) is 13.2 Å². The van der Waals surface area contributed by atoms with E-state index in [0.717, 1.165) is 6.07 Å². The Balaban J connectivity index is 2.25. The number of fused-ring (bicyclic) bond motifs is 1. The summed E-state index contributed by atoms with van der Waals surface area (Å²) in [5.41, 5.74) is 0.0244. The van der Waals surface area contributed by atoms with E-state index in [2.05, 4.69) is 4.98 Å². The highest BCUT2D eigenvalue weighted by molar-refractivity contribution is 6.76. The molecule has 0 atom stereocenters. The van der Waals surface area contributed by atoms with Crippen molar-refractivity contribution in [1.82, 2.24) is 4.98 Å². The molecule has 0 unspecified atom stereocenters. The van der Waals surface area contributed by atoms with E-state index < -0.39 is 21.4 Å². The fourth-order valence-electron chi connectivity index (χ4n) is 2.02. The first kappa shape index (κ1) is 18.1. The topological polar surface area (TPSA) is 46.0 Å². The van der Waals surface area contributed by atoms with Crippen molar-refractivity contribution in [2.75, 3.05) is 6.61 Å². The minimum atomic E-state index is -4.46. The molecule has 0 radical (unpaired) electrons. The number of nitrogens with one attached hydrogen (secondary N) is 1. The fraction of sp³-hybridized carbons (Fsp3) is 0.286. The average Bonchev–Trinajstić information content (AvgIpc) is 2.45. The molecule has 0 aliphatic carbocycles. The zero-order valence-electron chi connectivity index (χ0n) is 11.4. The van der Waals surface area contributed by atoms with Crippen molar-refractivity contribution in [3.63, 3.8) is 0 Å². The predicted molar refractivity (Wildman–Crippen MR) is 84.4 cm³/mol. The van der Waals surface area contributed by atoms with Crippen LogP contribution in [0.1, 0.15) is 11.1 Å². The number of hydrogen-bond donors (Lipinski definition) is 1. The van der Waals surface area contributed by atoms with Crippen LogP contribution in [0.3, 0.4) is 0 Å². The number of ether oxygens (including phenoxy) is 1. The van der Waals surface area contributed by atoms with Gasteiger partial charge in [-0.2, -0.15) is 13.2 Å². The van der Waals surface area contributed by atoms with Crippen LogP contribution in [-0.2, 0) is 17.3 Å². The van der Waals surface area contributed by atoms with Gasteiger partial charge in [0.25, 0.3) is 3.79 Å². The molecule has 0 amide bonds. The second kappa shape index (κ2) is 6.71. The second-order valence-corrected chi connectivity index (χ2v) is 6.88. The molecule has 1 N–H and O–H groups in total. The Hall–Kier alpha value is -1.24. The van der Waals surface area contributed by atoms with Crippen LogP contribution < -0.4 is 0 Å². The lowest BCUT2D eigenvalue weighted by molar-refractivity contribution is -0.136. The van der Waals surface area contributed by atoms with Crippen molar-refractivity contribution in [1.29, 1.82) is 5.41 Å². The number of pyridine rings is 1. The van der Waals surface area contributed by atoms with E-state index in [1.807, 2.05) is 0 Å². The molecule has 0 saturated heterocycles. The molecule has 9 heteroatoms. The maximum absolute atomic E-state index is 13.0. The summed E-state index contributed by atoms with van der Waals surface area (Å²) >= 11 is 16.4. The number of benzene rings is 1. The zero-order valence-corrected chi connectivity index (χ0v) is 13.7. The number of aromatic nitrogens is 1. The second-order valence-electron chi connectivity index (χ2n) is 4.59. The van der Waals surface area contributed by atoms with Gasteiger partial charge in [-0.1, -0.05) is 46.9 Å². The van der Waals surface area contributed by atoms with Crippen LogP contribution >= 0.6 is 34.8 Å². The van der Waals surface area contributed by atoms with E-state index >= 15 is 0 Å².